The highest BCUT2D eigenvalue weighted by molar-refractivity contribution is 9.10. The fourth-order valence-corrected chi connectivity index (χ4v) is 2.55. The van der Waals surface area contributed by atoms with E-state index < -0.39 is 0 Å². The van der Waals surface area contributed by atoms with Gasteiger partial charge in [-0.2, -0.15) is 0 Å². The molecule has 0 amide bonds. The van der Waals surface area contributed by atoms with Crippen LogP contribution in [0.1, 0.15) is 25.7 Å². The molecule has 1 aliphatic rings. The summed E-state index contributed by atoms with van der Waals surface area (Å²) in [5.74, 6) is 1.60. The molecule has 1 fully saturated rings. The second-order valence-corrected chi connectivity index (χ2v) is 5.36. The van der Waals surface area contributed by atoms with Crippen molar-refractivity contribution in [3.05, 3.63) is 28.7 Å². The first kappa shape index (κ1) is 11.9. The minimum absolute atomic E-state index is 0.397. The Morgan fingerprint density at radius 2 is 2.00 bits per heavy atom. The minimum atomic E-state index is 0.397. The lowest BCUT2D eigenvalue weighted by Gasteiger charge is -2.15. The van der Waals surface area contributed by atoms with Crippen LogP contribution in [0.2, 0.25) is 0 Å². The van der Waals surface area contributed by atoms with Crippen molar-refractivity contribution in [1.29, 1.82) is 0 Å². The van der Waals surface area contributed by atoms with Crippen LogP contribution < -0.4 is 10.5 Å². The molecule has 0 saturated heterocycles. The normalized spacial score (nSPS) is 24.6. The summed E-state index contributed by atoms with van der Waals surface area (Å²) in [5.41, 5.74) is 6.02. The Hall–Kier alpha value is -0.540. The second kappa shape index (κ2) is 5.69. The molecule has 0 heterocycles. The number of hydrogen-bond acceptors (Lipinski definition) is 2. The van der Waals surface area contributed by atoms with E-state index in [0.29, 0.717) is 12.0 Å². The summed E-state index contributed by atoms with van der Waals surface area (Å²) in [6.07, 6.45) is 4.81. The fraction of sp³-hybridized carbons (Fsp3) is 0.538. The highest BCUT2D eigenvalue weighted by Gasteiger charge is 2.23. The summed E-state index contributed by atoms with van der Waals surface area (Å²) < 4.78 is 6.78. The predicted molar refractivity (Wildman–Crippen MR) is 69.6 cm³/mol. The van der Waals surface area contributed by atoms with Gasteiger partial charge < -0.3 is 10.5 Å². The number of hydrogen-bond donors (Lipinski definition) is 1. The van der Waals surface area contributed by atoms with Gasteiger partial charge in [0.1, 0.15) is 5.75 Å². The van der Waals surface area contributed by atoms with Crippen molar-refractivity contribution in [2.45, 2.75) is 31.7 Å². The van der Waals surface area contributed by atoms with Crippen LogP contribution in [-0.2, 0) is 0 Å². The average Bonchev–Trinajstić information content (AvgIpc) is 2.68. The van der Waals surface area contributed by atoms with Crippen LogP contribution in [0, 0.1) is 5.92 Å². The molecule has 0 bridgehead atoms. The van der Waals surface area contributed by atoms with E-state index in [4.69, 9.17) is 10.5 Å². The fourth-order valence-electron chi connectivity index (χ4n) is 2.28. The third-order valence-electron chi connectivity index (χ3n) is 3.29. The lowest BCUT2D eigenvalue weighted by molar-refractivity contribution is 0.271. The Balaban J connectivity index is 1.73. The number of halogens is 1. The van der Waals surface area contributed by atoms with Gasteiger partial charge in [0.05, 0.1) is 6.61 Å². The molecule has 2 rings (SSSR count). The van der Waals surface area contributed by atoms with E-state index in [0.717, 1.165) is 23.2 Å². The van der Waals surface area contributed by atoms with E-state index in [9.17, 15) is 0 Å². The maximum atomic E-state index is 6.02. The van der Waals surface area contributed by atoms with Crippen LogP contribution in [-0.4, -0.2) is 12.6 Å². The van der Waals surface area contributed by atoms with Crippen LogP contribution in [0.3, 0.4) is 0 Å². The molecule has 2 unspecified atom stereocenters. The molecule has 1 aliphatic carbocycles. The maximum Gasteiger partial charge on any atom is 0.119 e. The van der Waals surface area contributed by atoms with Crippen molar-refractivity contribution in [2.24, 2.45) is 11.7 Å². The maximum absolute atomic E-state index is 6.02. The molecule has 1 aromatic rings. The molecular weight excluding hydrogens is 266 g/mol. The molecule has 0 aliphatic heterocycles. The van der Waals surface area contributed by atoms with E-state index in [1.54, 1.807) is 0 Å². The van der Waals surface area contributed by atoms with Gasteiger partial charge in [0.25, 0.3) is 0 Å². The third kappa shape index (κ3) is 3.22. The lowest BCUT2D eigenvalue weighted by atomic mass is 10.0. The van der Waals surface area contributed by atoms with Gasteiger partial charge >= 0.3 is 0 Å². The van der Waals surface area contributed by atoms with Crippen molar-refractivity contribution in [2.75, 3.05) is 6.61 Å². The Morgan fingerprint density at radius 1 is 1.25 bits per heavy atom. The smallest absolute Gasteiger partial charge is 0.119 e. The highest BCUT2D eigenvalue weighted by Crippen LogP contribution is 2.27. The summed E-state index contributed by atoms with van der Waals surface area (Å²) in [7, 11) is 0. The van der Waals surface area contributed by atoms with Crippen molar-refractivity contribution < 1.29 is 4.74 Å². The van der Waals surface area contributed by atoms with E-state index in [2.05, 4.69) is 15.9 Å². The predicted octanol–water partition coefficient (Wildman–Crippen LogP) is 3.35. The Labute approximate surface area is 105 Å². The molecular formula is C13H18BrNO. The third-order valence-corrected chi connectivity index (χ3v) is 3.82. The Morgan fingerprint density at radius 3 is 2.62 bits per heavy atom. The molecule has 3 heteroatoms. The van der Waals surface area contributed by atoms with E-state index in [1.807, 2.05) is 24.3 Å². The molecule has 88 valence electrons. The number of rotatable bonds is 4. The quantitative estimate of drug-likeness (QED) is 0.920. The van der Waals surface area contributed by atoms with Crippen LogP contribution >= 0.6 is 15.9 Å². The molecule has 0 radical (unpaired) electrons. The van der Waals surface area contributed by atoms with E-state index in [1.165, 1.54) is 19.3 Å². The van der Waals surface area contributed by atoms with Gasteiger partial charge in [-0.05, 0) is 49.4 Å². The number of ether oxygens (including phenoxy) is 1. The molecule has 0 spiro atoms. The molecule has 0 aromatic heterocycles. The van der Waals surface area contributed by atoms with Gasteiger partial charge in [0.15, 0.2) is 0 Å². The molecule has 1 saturated carbocycles. The van der Waals surface area contributed by atoms with Crippen molar-refractivity contribution >= 4 is 15.9 Å². The van der Waals surface area contributed by atoms with Gasteiger partial charge in [-0.15, -0.1) is 0 Å². The zero-order valence-corrected chi connectivity index (χ0v) is 10.9. The summed E-state index contributed by atoms with van der Waals surface area (Å²) in [5, 5.41) is 0. The largest absolute Gasteiger partial charge is 0.494 e. The van der Waals surface area contributed by atoms with Gasteiger partial charge in [0, 0.05) is 10.5 Å². The van der Waals surface area contributed by atoms with Gasteiger partial charge in [-0.3, -0.25) is 0 Å². The molecule has 2 atom stereocenters. The molecule has 1 aromatic carbocycles. The van der Waals surface area contributed by atoms with Crippen LogP contribution in [0.15, 0.2) is 28.7 Å². The first-order valence-corrected chi connectivity index (χ1v) is 6.69. The lowest BCUT2D eigenvalue weighted by Crippen LogP contribution is -2.25. The monoisotopic (exact) mass is 283 g/mol. The standard InChI is InChI=1S/C13H18BrNO/c14-11-4-6-12(7-5-11)16-9-8-10-2-1-3-13(10)15/h4-7,10,13H,1-3,8-9,15H2. The Kier molecular flexibility index (Phi) is 4.24. The topological polar surface area (TPSA) is 35.2 Å². The van der Waals surface area contributed by atoms with Crippen molar-refractivity contribution in [1.82, 2.24) is 0 Å². The summed E-state index contributed by atoms with van der Waals surface area (Å²) in [4.78, 5) is 0. The van der Waals surface area contributed by atoms with E-state index >= 15 is 0 Å². The van der Waals surface area contributed by atoms with Gasteiger partial charge in [-0.1, -0.05) is 22.4 Å². The number of nitrogens with two attached hydrogens (primary N) is 1. The SMILES string of the molecule is NC1CCCC1CCOc1ccc(Br)cc1. The minimum Gasteiger partial charge on any atom is -0.494 e. The van der Waals surface area contributed by atoms with Crippen LogP contribution in [0.5, 0.6) is 5.75 Å². The molecule has 2 nitrogen and oxygen atoms in total. The summed E-state index contributed by atoms with van der Waals surface area (Å²) in [6, 6.07) is 8.36. The van der Waals surface area contributed by atoms with Crippen LogP contribution in [0.4, 0.5) is 0 Å². The Bertz CT molecular complexity index is 325. The van der Waals surface area contributed by atoms with Gasteiger partial charge in [0.2, 0.25) is 0 Å². The summed E-state index contributed by atoms with van der Waals surface area (Å²) >= 11 is 3.40. The first-order chi connectivity index (χ1) is 7.75. The first-order valence-electron chi connectivity index (χ1n) is 5.89. The molecule has 16 heavy (non-hydrogen) atoms. The summed E-state index contributed by atoms with van der Waals surface area (Å²) in [6.45, 7) is 0.778. The van der Waals surface area contributed by atoms with Crippen molar-refractivity contribution in [3.8, 4) is 5.75 Å². The van der Waals surface area contributed by atoms with Crippen molar-refractivity contribution in [3.63, 3.8) is 0 Å². The van der Waals surface area contributed by atoms with Gasteiger partial charge in [-0.25, -0.2) is 0 Å². The second-order valence-electron chi connectivity index (χ2n) is 4.45. The highest BCUT2D eigenvalue weighted by atomic mass is 79.9. The zero-order valence-electron chi connectivity index (χ0n) is 9.36. The van der Waals surface area contributed by atoms with E-state index in [-0.39, 0.29) is 0 Å². The zero-order chi connectivity index (χ0) is 11.4. The molecule has 2 N–H and O–H groups in total. The average molecular weight is 284 g/mol. The van der Waals surface area contributed by atoms with Crippen LogP contribution in [0.25, 0.3) is 0 Å². The number of benzene rings is 1.